The van der Waals surface area contributed by atoms with E-state index in [2.05, 4.69) is 12.2 Å². The maximum absolute atomic E-state index is 12.2. The molecule has 110 valence electrons. The Morgan fingerprint density at radius 2 is 1.81 bits per heavy atom. The lowest BCUT2D eigenvalue weighted by atomic mass is 10.1. The van der Waals surface area contributed by atoms with Gasteiger partial charge in [0.2, 0.25) is 0 Å². The molecule has 0 radical (unpaired) electrons. The quantitative estimate of drug-likeness (QED) is 0.902. The fourth-order valence-corrected chi connectivity index (χ4v) is 2.04. The Kier molecular flexibility index (Phi) is 4.99. The van der Waals surface area contributed by atoms with Gasteiger partial charge in [-0.15, -0.1) is 0 Å². The third-order valence-electron chi connectivity index (χ3n) is 3.35. The summed E-state index contributed by atoms with van der Waals surface area (Å²) in [6.45, 7) is 5.84. The Morgan fingerprint density at radius 1 is 1.14 bits per heavy atom. The summed E-state index contributed by atoms with van der Waals surface area (Å²) < 4.78 is 5.78. The Labute approximate surface area is 126 Å². The van der Waals surface area contributed by atoms with Crippen molar-refractivity contribution >= 4 is 11.6 Å². The zero-order valence-corrected chi connectivity index (χ0v) is 12.7. The van der Waals surface area contributed by atoms with Crippen molar-refractivity contribution in [3.05, 3.63) is 59.7 Å². The Bertz CT molecular complexity index is 605. The first-order valence-electron chi connectivity index (χ1n) is 7.22. The monoisotopic (exact) mass is 283 g/mol. The molecule has 1 N–H and O–H groups in total. The van der Waals surface area contributed by atoms with E-state index in [-0.39, 0.29) is 5.91 Å². The van der Waals surface area contributed by atoms with E-state index in [9.17, 15) is 4.79 Å². The van der Waals surface area contributed by atoms with Gasteiger partial charge in [-0.25, -0.2) is 0 Å². The summed E-state index contributed by atoms with van der Waals surface area (Å²) in [6, 6.07) is 15.5. The maximum Gasteiger partial charge on any atom is 0.265 e. The van der Waals surface area contributed by atoms with Gasteiger partial charge in [-0.05, 0) is 44.0 Å². The van der Waals surface area contributed by atoms with Crippen LogP contribution in [0.2, 0.25) is 0 Å². The second-order valence-electron chi connectivity index (χ2n) is 5.08. The predicted octanol–water partition coefficient (Wildman–Crippen LogP) is 3.96. The number of anilines is 1. The molecule has 3 heteroatoms. The largest absolute Gasteiger partial charge is 0.481 e. The van der Waals surface area contributed by atoms with Crippen molar-refractivity contribution in [2.24, 2.45) is 0 Å². The van der Waals surface area contributed by atoms with Gasteiger partial charge in [0.15, 0.2) is 6.10 Å². The summed E-state index contributed by atoms with van der Waals surface area (Å²) in [5.41, 5.74) is 3.05. The standard InChI is InChI=1S/C18H21NO2/c1-4-15-7-5-6-8-17(15)21-14(3)18(20)19-16-11-9-13(2)10-12-16/h5-12,14H,4H2,1-3H3,(H,19,20). The van der Waals surface area contributed by atoms with E-state index in [1.807, 2.05) is 55.5 Å². The number of ether oxygens (including phenoxy) is 1. The van der Waals surface area contributed by atoms with Crippen molar-refractivity contribution in [2.45, 2.75) is 33.3 Å². The third-order valence-corrected chi connectivity index (χ3v) is 3.35. The average Bonchev–Trinajstić information content (AvgIpc) is 2.50. The number of aryl methyl sites for hydroxylation is 2. The molecule has 0 saturated carbocycles. The van der Waals surface area contributed by atoms with Crippen molar-refractivity contribution in [3.63, 3.8) is 0 Å². The molecule has 0 heterocycles. The minimum absolute atomic E-state index is 0.148. The molecule has 2 aromatic carbocycles. The fraction of sp³-hybridized carbons (Fsp3) is 0.278. The van der Waals surface area contributed by atoms with E-state index in [0.29, 0.717) is 0 Å². The molecule has 0 spiro atoms. The van der Waals surface area contributed by atoms with Crippen LogP contribution in [0.3, 0.4) is 0 Å². The van der Waals surface area contributed by atoms with Gasteiger partial charge in [0.05, 0.1) is 0 Å². The minimum atomic E-state index is -0.543. The number of nitrogens with one attached hydrogen (secondary N) is 1. The van der Waals surface area contributed by atoms with Crippen LogP contribution in [0.5, 0.6) is 5.75 Å². The summed E-state index contributed by atoms with van der Waals surface area (Å²) in [7, 11) is 0. The van der Waals surface area contributed by atoms with E-state index in [0.717, 1.165) is 29.0 Å². The minimum Gasteiger partial charge on any atom is -0.481 e. The average molecular weight is 283 g/mol. The second-order valence-corrected chi connectivity index (χ2v) is 5.08. The zero-order valence-electron chi connectivity index (χ0n) is 12.7. The molecule has 1 amide bonds. The van der Waals surface area contributed by atoms with Gasteiger partial charge >= 0.3 is 0 Å². The molecule has 0 bridgehead atoms. The van der Waals surface area contributed by atoms with Crippen LogP contribution in [-0.4, -0.2) is 12.0 Å². The maximum atomic E-state index is 12.2. The summed E-state index contributed by atoms with van der Waals surface area (Å²) in [5, 5.41) is 2.86. The van der Waals surface area contributed by atoms with Gasteiger partial charge < -0.3 is 10.1 Å². The van der Waals surface area contributed by atoms with Gasteiger partial charge in [-0.2, -0.15) is 0 Å². The van der Waals surface area contributed by atoms with Crippen LogP contribution in [-0.2, 0) is 11.2 Å². The topological polar surface area (TPSA) is 38.3 Å². The highest BCUT2D eigenvalue weighted by molar-refractivity contribution is 5.94. The number of carbonyl (C=O) groups is 1. The van der Waals surface area contributed by atoms with Gasteiger partial charge in [0.1, 0.15) is 5.75 Å². The molecule has 0 aliphatic rings. The van der Waals surface area contributed by atoms with Crippen molar-refractivity contribution < 1.29 is 9.53 Å². The molecule has 0 aliphatic heterocycles. The molecule has 2 rings (SSSR count). The normalized spacial score (nSPS) is 11.8. The van der Waals surface area contributed by atoms with Crippen molar-refractivity contribution in [1.29, 1.82) is 0 Å². The lowest BCUT2D eigenvalue weighted by Crippen LogP contribution is -2.30. The third kappa shape index (κ3) is 4.09. The number of benzene rings is 2. The molecule has 0 aliphatic carbocycles. The molecule has 0 saturated heterocycles. The lowest BCUT2D eigenvalue weighted by molar-refractivity contribution is -0.122. The van der Waals surface area contributed by atoms with Crippen LogP contribution >= 0.6 is 0 Å². The van der Waals surface area contributed by atoms with Crippen molar-refractivity contribution in [3.8, 4) is 5.75 Å². The summed E-state index contributed by atoms with van der Waals surface area (Å²) in [6.07, 6.45) is 0.335. The molecule has 0 aromatic heterocycles. The Morgan fingerprint density at radius 3 is 2.48 bits per heavy atom. The second kappa shape index (κ2) is 6.93. The zero-order chi connectivity index (χ0) is 15.2. The van der Waals surface area contributed by atoms with Crippen LogP contribution in [0, 0.1) is 6.92 Å². The first-order chi connectivity index (χ1) is 10.1. The number of hydrogen-bond donors (Lipinski definition) is 1. The smallest absolute Gasteiger partial charge is 0.265 e. The highest BCUT2D eigenvalue weighted by atomic mass is 16.5. The highest BCUT2D eigenvalue weighted by Crippen LogP contribution is 2.20. The van der Waals surface area contributed by atoms with Crippen LogP contribution in [0.25, 0.3) is 0 Å². The lowest BCUT2D eigenvalue weighted by Gasteiger charge is -2.17. The van der Waals surface area contributed by atoms with Crippen LogP contribution in [0.4, 0.5) is 5.69 Å². The predicted molar refractivity (Wildman–Crippen MR) is 85.7 cm³/mol. The fourth-order valence-electron chi connectivity index (χ4n) is 2.04. The van der Waals surface area contributed by atoms with Gasteiger partial charge in [0.25, 0.3) is 5.91 Å². The molecular weight excluding hydrogens is 262 g/mol. The van der Waals surface area contributed by atoms with Crippen LogP contribution in [0.1, 0.15) is 25.0 Å². The number of hydrogen-bond acceptors (Lipinski definition) is 2. The van der Waals surface area contributed by atoms with Crippen molar-refractivity contribution in [1.82, 2.24) is 0 Å². The summed E-state index contributed by atoms with van der Waals surface area (Å²) in [5.74, 6) is 0.622. The number of para-hydroxylation sites is 1. The molecule has 21 heavy (non-hydrogen) atoms. The molecule has 1 unspecified atom stereocenters. The van der Waals surface area contributed by atoms with E-state index >= 15 is 0 Å². The highest BCUT2D eigenvalue weighted by Gasteiger charge is 2.16. The van der Waals surface area contributed by atoms with E-state index in [1.165, 1.54) is 0 Å². The van der Waals surface area contributed by atoms with Gasteiger partial charge in [-0.1, -0.05) is 42.8 Å². The van der Waals surface area contributed by atoms with Gasteiger partial charge in [0, 0.05) is 5.69 Å². The van der Waals surface area contributed by atoms with E-state index in [4.69, 9.17) is 4.74 Å². The Hall–Kier alpha value is -2.29. The molecule has 1 atom stereocenters. The van der Waals surface area contributed by atoms with Crippen molar-refractivity contribution in [2.75, 3.05) is 5.32 Å². The first-order valence-corrected chi connectivity index (χ1v) is 7.22. The molecular formula is C18H21NO2. The van der Waals surface area contributed by atoms with Gasteiger partial charge in [-0.3, -0.25) is 4.79 Å². The molecule has 2 aromatic rings. The first kappa shape index (κ1) is 15.1. The van der Waals surface area contributed by atoms with E-state index < -0.39 is 6.10 Å². The number of amides is 1. The Balaban J connectivity index is 2.01. The summed E-state index contributed by atoms with van der Waals surface area (Å²) in [4.78, 5) is 12.2. The number of rotatable bonds is 5. The number of carbonyl (C=O) groups excluding carboxylic acids is 1. The SMILES string of the molecule is CCc1ccccc1OC(C)C(=O)Nc1ccc(C)cc1. The van der Waals surface area contributed by atoms with E-state index in [1.54, 1.807) is 6.92 Å². The van der Waals surface area contributed by atoms with Crippen LogP contribution < -0.4 is 10.1 Å². The molecule has 0 fully saturated rings. The molecule has 3 nitrogen and oxygen atoms in total. The summed E-state index contributed by atoms with van der Waals surface area (Å²) >= 11 is 0. The van der Waals surface area contributed by atoms with Crippen LogP contribution in [0.15, 0.2) is 48.5 Å².